The van der Waals surface area contributed by atoms with Gasteiger partial charge in [-0.1, -0.05) is 28.0 Å². The summed E-state index contributed by atoms with van der Waals surface area (Å²) < 4.78 is 1.60. The zero-order chi connectivity index (χ0) is 20.4. The molecule has 0 aliphatic carbocycles. The van der Waals surface area contributed by atoms with E-state index in [0.29, 0.717) is 35.9 Å². The molecule has 9 heteroatoms. The van der Waals surface area contributed by atoms with Gasteiger partial charge in [-0.25, -0.2) is 9.79 Å². The molecule has 148 valence electrons. The maximum Gasteiger partial charge on any atom is 0.326 e. The van der Waals surface area contributed by atoms with Crippen molar-refractivity contribution < 1.29 is 14.6 Å². The summed E-state index contributed by atoms with van der Waals surface area (Å²) in [4.78, 5) is 18.1. The highest BCUT2D eigenvalue weighted by Gasteiger charge is 2.24. The van der Waals surface area contributed by atoms with Crippen LogP contribution in [0.1, 0.15) is 6.42 Å². The van der Waals surface area contributed by atoms with Crippen LogP contribution in [0, 0.1) is 0 Å². The number of aliphatic hydroxyl groups excluding tert-OH is 1. The van der Waals surface area contributed by atoms with E-state index in [9.17, 15) is 9.90 Å². The minimum absolute atomic E-state index is 0.351. The van der Waals surface area contributed by atoms with Gasteiger partial charge in [0.25, 0.3) is 0 Å². The SMILES string of the molecule is NC(=O)Nc1cc(N2CCC(O)C2)ccc1N=C1C=N[N+](c2ccccc2)=C1N. The summed E-state index contributed by atoms with van der Waals surface area (Å²) in [7, 11) is 0. The fraction of sp³-hybridized carbons (Fsp3) is 0.200. The molecule has 0 spiro atoms. The Morgan fingerprint density at radius 3 is 2.76 bits per heavy atom. The molecule has 4 rings (SSSR count). The number of hydrogen-bond acceptors (Lipinski definition) is 6. The number of carbonyl (C=O) groups excluding carboxylic acids is 1. The predicted octanol–water partition coefficient (Wildman–Crippen LogP) is 1.52. The maximum atomic E-state index is 11.5. The smallest absolute Gasteiger partial charge is 0.326 e. The van der Waals surface area contributed by atoms with Crippen LogP contribution < -0.4 is 21.7 Å². The molecule has 0 saturated carbocycles. The number of rotatable bonds is 4. The van der Waals surface area contributed by atoms with E-state index in [4.69, 9.17) is 11.5 Å². The molecular formula is C20H22N7O2+. The highest BCUT2D eigenvalue weighted by atomic mass is 16.3. The first-order valence-corrected chi connectivity index (χ1v) is 9.25. The Bertz CT molecular complexity index is 1030. The maximum absolute atomic E-state index is 11.5. The van der Waals surface area contributed by atoms with Crippen LogP contribution in [-0.2, 0) is 0 Å². The fourth-order valence-corrected chi connectivity index (χ4v) is 3.37. The Morgan fingerprint density at radius 1 is 1.28 bits per heavy atom. The third-order valence-corrected chi connectivity index (χ3v) is 4.79. The third kappa shape index (κ3) is 3.94. The van der Waals surface area contributed by atoms with Gasteiger partial charge in [0.05, 0.1) is 17.5 Å². The van der Waals surface area contributed by atoms with Crippen LogP contribution in [0.15, 0.2) is 58.6 Å². The summed E-state index contributed by atoms with van der Waals surface area (Å²) in [6, 6.07) is 14.3. The normalized spacial score (nSPS) is 20.0. The number of aliphatic imine (C=N–C) groups is 1. The molecule has 0 aromatic heterocycles. The van der Waals surface area contributed by atoms with E-state index in [0.717, 1.165) is 17.9 Å². The van der Waals surface area contributed by atoms with E-state index in [1.807, 2.05) is 41.3 Å². The van der Waals surface area contributed by atoms with Crippen LogP contribution >= 0.6 is 0 Å². The summed E-state index contributed by atoms with van der Waals surface area (Å²) in [6.07, 6.45) is 1.93. The molecular weight excluding hydrogens is 370 g/mol. The molecule has 2 amide bonds. The van der Waals surface area contributed by atoms with Gasteiger partial charge in [-0.05, 0) is 36.8 Å². The number of nitrogens with one attached hydrogen (secondary N) is 1. The summed E-state index contributed by atoms with van der Waals surface area (Å²) in [6.45, 7) is 1.29. The van der Waals surface area contributed by atoms with Crippen molar-refractivity contribution in [3.63, 3.8) is 0 Å². The van der Waals surface area contributed by atoms with Gasteiger partial charge in [-0.3, -0.25) is 5.73 Å². The zero-order valence-corrected chi connectivity index (χ0v) is 15.7. The van der Waals surface area contributed by atoms with E-state index in [2.05, 4.69) is 15.4 Å². The average Bonchev–Trinajstić information content (AvgIpc) is 3.29. The highest BCUT2D eigenvalue weighted by molar-refractivity contribution is 6.62. The van der Waals surface area contributed by atoms with Crippen molar-refractivity contribution in [3.05, 3.63) is 48.5 Å². The van der Waals surface area contributed by atoms with Crippen LogP contribution in [0.3, 0.4) is 0 Å². The van der Waals surface area contributed by atoms with Crippen molar-refractivity contribution in [2.24, 2.45) is 21.6 Å². The number of carbonyl (C=O) groups is 1. The minimum atomic E-state index is -0.687. The lowest BCUT2D eigenvalue weighted by molar-refractivity contribution is -0.441. The first-order valence-electron chi connectivity index (χ1n) is 9.25. The zero-order valence-electron chi connectivity index (χ0n) is 15.7. The van der Waals surface area contributed by atoms with Gasteiger partial charge in [0.1, 0.15) is 6.21 Å². The number of aliphatic hydroxyl groups is 1. The lowest BCUT2D eigenvalue weighted by Gasteiger charge is -2.19. The monoisotopic (exact) mass is 392 g/mol. The molecule has 1 atom stereocenters. The minimum Gasteiger partial charge on any atom is -0.391 e. The lowest BCUT2D eigenvalue weighted by Crippen LogP contribution is -2.27. The van der Waals surface area contributed by atoms with Crippen molar-refractivity contribution >= 4 is 46.5 Å². The number of hydrogen-bond donors (Lipinski definition) is 4. The number of amidine groups is 1. The second-order valence-electron chi connectivity index (χ2n) is 6.85. The van der Waals surface area contributed by atoms with Crippen molar-refractivity contribution in [1.29, 1.82) is 0 Å². The van der Waals surface area contributed by atoms with E-state index in [1.165, 1.54) is 0 Å². The predicted molar refractivity (Wildman–Crippen MR) is 114 cm³/mol. The summed E-state index contributed by atoms with van der Waals surface area (Å²) in [5.74, 6) is 0.382. The van der Waals surface area contributed by atoms with Crippen LogP contribution in [0.25, 0.3) is 0 Å². The van der Waals surface area contributed by atoms with Gasteiger partial charge in [0.2, 0.25) is 0 Å². The largest absolute Gasteiger partial charge is 0.391 e. The van der Waals surface area contributed by atoms with E-state index in [1.54, 1.807) is 23.0 Å². The first-order chi connectivity index (χ1) is 14.0. The number of para-hydroxylation sites is 1. The molecule has 2 aliphatic heterocycles. The first kappa shape index (κ1) is 18.6. The summed E-state index contributed by atoms with van der Waals surface area (Å²) in [5, 5.41) is 16.7. The number of amides is 2. The number of anilines is 2. The Hall–Kier alpha value is -3.72. The molecule has 0 bridgehead atoms. The van der Waals surface area contributed by atoms with Crippen molar-refractivity contribution in [2.75, 3.05) is 23.3 Å². The standard InChI is InChI=1S/C20H21N7O2/c21-19-18(11-23-27(19)13-4-2-1-3-5-13)24-16-7-6-14(10-17(16)25-20(22)29)26-9-8-15(28)12-26/h1-7,10-11,15,28H,8-9,12H2,(H4,21,22,23,25,29)/p+1. The van der Waals surface area contributed by atoms with Gasteiger partial charge >= 0.3 is 11.9 Å². The lowest BCUT2D eigenvalue weighted by atomic mass is 10.2. The second-order valence-corrected chi connectivity index (χ2v) is 6.85. The molecule has 1 fully saturated rings. The number of primary amides is 1. The Balaban J connectivity index is 1.68. The Labute approximate surface area is 167 Å². The summed E-state index contributed by atoms with van der Waals surface area (Å²) in [5.41, 5.74) is 14.7. The van der Waals surface area contributed by atoms with Crippen molar-refractivity contribution in [3.8, 4) is 0 Å². The average molecular weight is 392 g/mol. The van der Waals surface area contributed by atoms with Crippen molar-refractivity contribution in [2.45, 2.75) is 12.5 Å². The van der Waals surface area contributed by atoms with E-state index < -0.39 is 6.03 Å². The molecule has 0 radical (unpaired) electrons. The number of β-amino-alcohol motifs (C(OH)–C–C–N with tert-alkyl or cyclic N) is 1. The topological polar surface area (TPSA) is 132 Å². The summed E-state index contributed by atoms with van der Waals surface area (Å²) >= 11 is 0. The molecule has 29 heavy (non-hydrogen) atoms. The van der Waals surface area contributed by atoms with E-state index in [-0.39, 0.29) is 6.10 Å². The number of nitrogens with two attached hydrogens (primary N) is 2. The van der Waals surface area contributed by atoms with Crippen LogP contribution in [-0.4, -0.2) is 52.8 Å². The molecule has 2 heterocycles. The third-order valence-electron chi connectivity index (χ3n) is 4.79. The highest BCUT2D eigenvalue weighted by Crippen LogP contribution is 2.32. The van der Waals surface area contributed by atoms with Crippen LogP contribution in [0.2, 0.25) is 0 Å². The molecule has 2 aromatic rings. The van der Waals surface area contributed by atoms with Gasteiger partial charge in [-0.15, -0.1) is 0 Å². The van der Waals surface area contributed by atoms with Gasteiger partial charge in [0.15, 0.2) is 11.4 Å². The Morgan fingerprint density at radius 2 is 2.07 bits per heavy atom. The van der Waals surface area contributed by atoms with Crippen molar-refractivity contribution in [1.82, 2.24) is 0 Å². The van der Waals surface area contributed by atoms with Gasteiger partial charge in [-0.2, -0.15) is 0 Å². The molecule has 2 aromatic carbocycles. The number of nitrogens with zero attached hydrogens (tertiary/aromatic N) is 4. The van der Waals surface area contributed by atoms with Crippen LogP contribution in [0.4, 0.5) is 27.5 Å². The quantitative estimate of drug-likeness (QED) is 0.587. The number of urea groups is 1. The Kier molecular flexibility index (Phi) is 4.96. The van der Waals surface area contributed by atoms with Crippen LogP contribution in [0.5, 0.6) is 0 Å². The van der Waals surface area contributed by atoms with E-state index >= 15 is 0 Å². The van der Waals surface area contributed by atoms with Gasteiger partial charge < -0.3 is 21.1 Å². The fourth-order valence-electron chi connectivity index (χ4n) is 3.37. The molecule has 6 N–H and O–H groups in total. The van der Waals surface area contributed by atoms with Gasteiger partial charge in [0, 0.05) is 18.8 Å². The molecule has 1 saturated heterocycles. The molecule has 2 aliphatic rings. The number of hydrazone groups is 1. The second kappa shape index (κ2) is 7.72. The number of benzene rings is 2. The molecule has 1 unspecified atom stereocenters. The molecule has 9 nitrogen and oxygen atoms in total.